The summed E-state index contributed by atoms with van der Waals surface area (Å²) in [5.74, 6) is 0.992. The van der Waals surface area contributed by atoms with Crippen LogP contribution in [0.5, 0.6) is 0 Å². The van der Waals surface area contributed by atoms with E-state index in [9.17, 15) is 5.11 Å². The predicted molar refractivity (Wildman–Crippen MR) is 85.0 cm³/mol. The van der Waals surface area contributed by atoms with E-state index >= 15 is 0 Å². The maximum absolute atomic E-state index is 9.62. The molecule has 0 aromatic heterocycles. The van der Waals surface area contributed by atoms with E-state index in [2.05, 4.69) is 24.1 Å². The van der Waals surface area contributed by atoms with Crippen LogP contribution in [-0.4, -0.2) is 47.8 Å². The molecule has 2 N–H and O–H groups in total. The van der Waals surface area contributed by atoms with E-state index in [4.69, 9.17) is 0 Å². The lowest BCUT2D eigenvalue weighted by atomic mass is 9.91. The Kier molecular flexibility index (Phi) is 6.31. The molecule has 3 atom stereocenters. The summed E-state index contributed by atoms with van der Waals surface area (Å²) in [6.45, 7) is 8.13. The minimum Gasteiger partial charge on any atom is -0.394 e. The first-order valence-electron chi connectivity index (χ1n) is 8.78. The van der Waals surface area contributed by atoms with Gasteiger partial charge in [-0.1, -0.05) is 13.3 Å². The Morgan fingerprint density at radius 2 is 2.05 bits per heavy atom. The summed E-state index contributed by atoms with van der Waals surface area (Å²) in [7, 11) is 0. The number of hydrogen-bond acceptors (Lipinski definition) is 3. The zero-order chi connectivity index (χ0) is 14.4. The van der Waals surface area contributed by atoms with Crippen molar-refractivity contribution in [2.24, 2.45) is 5.92 Å². The zero-order valence-corrected chi connectivity index (χ0v) is 13.5. The van der Waals surface area contributed by atoms with Gasteiger partial charge >= 0.3 is 0 Å². The standard InChI is InChI=1S/C17H34N2O/c1-3-11-18-17(2,14-20)10-6-13-19-12-5-8-15-7-4-9-16(15)19/h15-16,18,20H,3-14H2,1-2H3. The predicted octanol–water partition coefficient (Wildman–Crippen LogP) is 2.78. The molecule has 20 heavy (non-hydrogen) atoms. The number of piperidine rings is 1. The van der Waals surface area contributed by atoms with Crippen LogP contribution in [0, 0.1) is 5.92 Å². The molecule has 2 aliphatic rings. The average molecular weight is 282 g/mol. The number of nitrogens with zero attached hydrogens (tertiary/aromatic N) is 1. The van der Waals surface area contributed by atoms with Crippen LogP contribution in [0.25, 0.3) is 0 Å². The van der Waals surface area contributed by atoms with E-state index in [1.165, 1.54) is 51.6 Å². The van der Waals surface area contributed by atoms with Crippen molar-refractivity contribution in [1.82, 2.24) is 10.2 Å². The number of likely N-dealkylation sites (tertiary alicyclic amines) is 1. The van der Waals surface area contributed by atoms with Gasteiger partial charge in [0.1, 0.15) is 0 Å². The molecule has 0 amide bonds. The van der Waals surface area contributed by atoms with Crippen LogP contribution >= 0.6 is 0 Å². The second kappa shape index (κ2) is 7.77. The van der Waals surface area contributed by atoms with Crippen LogP contribution in [0.15, 0.2) is 0 Å². The molecule has 1 heterocycles. The summed E-state index contributed by atoms with van der Waals surface area (Å²) >= 11 is 0. The van der Waals surface area contributed by atoms with Gasteiger partial charge in [-0.15, -0.1) is 0 Å². The molecule has 2 fully saturated rings. The molecule has 3 heteroatoms. The largest absolute Gasteiger partial charge is 0.394 e. The molecule has 1 saturated heterocycles. The van der Waals surface area contributed by atoms with E-state index in [0.29, 0.717) is 0 Å². The molecule has 3 unspecified atom stereocenters. The van der Waals surface area contributed by atoms with Crippen LogP contribution in [0.1, 0.15) is 65.2 Å². The van der Waals surface area contributed by atoms with Crippen LogP contribution < -0.4 is 5.32 Å². The van der Waals surface area contributed by atoms with Gasteiger partial charge in [-0.05, 0) is 77.4 Å². The molecule has 3 nitrogen and oxygen atoms in total. The van der Waals surface area contributed by atoms with Gasteiger partial charge in [-0.25, -0.2) is 0 Å². The van der Waals surface area contributed by atoms with Gasteiger partial charge in [0, 0.05) is 11.6 Å². The number of fused-ring (bicyclic) bond motifs is 1. The van der Waals surface area contributed by atoms with Gasteiger partial charge in [0.25, 0.3) is 0 Å². The molecular formula is C17H34N2O. The molecular weight excluding hydrogens is 248 g/mol. The Balaban J connectivity index is 1.73. The summed E-state index contributed by atoms with van der Waals surface area (Å²) in [5.41, 5.74) is -0.0825. The normalized spacial score (nSPS) is 30.1. The van der Waals surface area contributed by atoms with E-state index in [1.807, 2.05) is 0 Å². The second-order valence-electron chi connectivity index (χ2n) is 7.19. The van der Waals surface area contributed by atoms with Gasteiger partial charge in [-0.3, -0.25) is 0 Å². The van der Waals surface area contributed by atoms with Gasteiger partial charge in [0.2, 0.25) is 0 Å². The summed E-state index contributed by atoms with van der Waals surface area (Å²) in [4.78, 5) is 2.75. The number of hydrogen-bond donors (Lipinski definition) is 2. The van der Waals surface area contributed by atoms with Crippen molar-refractivity contribution in [2.75, 3.05) is 26.2 Å². The molecule has 0 radical (unpaired) electrons. The van der Waals surface area contributed by atoms with Crippen LogP contribution in [-0.2, 0) is 0 Å². The molecule has 0 bridgehead atoms. The van der Waals surface area contributed by atoms with Crippen molar-refractivity contribution in [3.05, 3.63) is 0 Å². The Hall–Kier alpha value is -0.120. The van der Waals surface area contributed by atoms with Crippen molar-refractivity contribution < 1.29 is 5.11 Å². The van der Waals surface area contributed by atoms with E-state index in [-0.39, 0.29) is 12.1 Å². The fraction of sp³-hybridized carbons (Fsp3) is 1.00. The van der Waals surface area contributed by atoms with Gasteiger partial charge < -0.3 is 15.3 Å². The quantitative estimate of drug-likeness (QED) is 0.718. The molecule has 0 spiro atoms. The Morgan fingerprint density at radius 1 is 1.25 bits per heavy atom. The Morgan fingerprint density at radius 3 is 2.80 bits per heavy atom. The lowest BCUT2D eigenvalue weighted by Gasteiger charge is -2.38. The van der Waals surface area contributed by atoms with Crippen LogP contribution in [0.2, 0.25) is 0 Å². The van der Waals surface area contributed by atoms with E-state index in [1.54, 1.807) is 0 Å². The van der Waals surface area contributed by atoms with Gasteiger partial charge in [-0.2, -0.15) is 0 Å². The third-order valence-corrected chi connectivity index (χ3v) is 5.43. The van der Waals surface area contributed by atoms with Crippen molar-refractivity contribution in [2.45, 2.75) is 76.8 Å². The number of rotatable bonds is 8. The number of nitrogens with one attached hydrogen (secondary N) is 1. The fourth-order valence-electron chi connectivity index (χ4n) is 4.16. The third kappa shape index (κ3) is 4.19. The third-order valence-electron chi connectivity index (χ3n) is 5.43. The number of aliphatic hydroxyl groups excluding tert-OH is 1. The minimum absolute atomic E-state index is 0.0825. The smallest absolute Gasteiger partial charge is 0.0610 e. The summed E-state index contributed by atoms with van der Waals surface area (Å²) in [6.07, 6.45) is 10.6. The molecule has 1 aliphatic heterocycles. The highest BCUT2D eigenvalue weighted by molar-refractivity contribution is 4.90. The average Bonchev–Trinajstić information content (AvgIpc) is 2.94. The SMILES string of the molecule is CCCNC(C)(CO)CCCN1CCCC2CCCC21. The highest BCUT2D eigenvalue weighted by Gasteiger charge is 2.34. The molecule has 1 aliphatic carbocycles. The van der Waals surface area contributed by atoms with E-state index in [0.717, 1.165) is 31.3 Å². The highest BCUT2D eigenvalue weighted by Crippen LogP contribution is 2.36. The van der Waals surface area contributed by atoms with Crippen LogP contribution in [0.3, 0.4) is 0 Å². The number of aliphatic hydroxyl groups is 1. The summed E-state index contributed by atoms with van der Waals surface area (Å²) < 4.78 is 0. The first kappa shape index (κ1) is 16.3. The first-order valence-corrected chi connectivity index (χ1v) is 8.78. The van der Waals surface area contributed by atoms with Crippen molar-refractivity contribution in [1.29, 1.82) is 0 Å². The maximum Gasteiger partial charge on any atom is 0.0610 e. The minimum atomic E-state index is -0.0825. The molecule has 118 valence electrons. The van der Waals surface area contributed by atoms with Crippen LogP contribution in [0.4, 0.5) is 0 Å². The zero-order valence-electron chi connectivity index (χ0n) is 13.5. The van der Waals surface area contributed by atoms with Crippen molar-refractivity contribution in [3.8, 4) is 0 Å². The monoisotopic (exact) mass is 282 g/mol. The van der Waals surface area contributed by atoms with Gasteiger partial charge in [0.05, 0.1) is 6.61 Å². The van der Waals surface area contributed by atoms with Crippen molar-refractivity contribution >= 4 is 0 Å². The lowest BCUT2D eigenvalue weighted by Crippen LogP contribution is -2.47. The van der Waals surface area contributed by atoms with Crippen molar-refractivity contribution in [3.63, 3.8) is 0 Å². The summed E-state index contributed by atoms with van der Waals surface area (Å²) in [5, 5.41) is 13.1. The Labute approximate surface area is 125 Å². The fourth-order valence-corrected chi connectivity index (χ4v) is 4.16. The molecule has 1 saturated carbocycles. The van der Waals surface area contributed by atoms with E-state index < -0.39 is 0 Å². The first-order chi connectivity index (χ1) is 9.68. The van der Waals surface area contributed by atoms with Gasteiger partial charge in [0.15, 0.2) is 0 Å². The maximum atomic E-state index is 9.62. The molecule has 0 aromatic carbocycles. The molecule has 2 rings (SSSR count). The highest BCUT2D eigenvalue weighted by atomic mass is 16.3. The Bertz CT molecular complexity index is 284. The summed E-state index contributed by atoms with van der Waals surface area (Å²) in [6, 6.07) is 0.882. The molecule has 0 aromatic rings. The topological polar surface area (TPSA) is 35.5 Å². The lowest BCUT2D eigenvalue weighted by molar-refractivity contribution is 0.102. The second-order valence-corrected chi connectivity index (χ2v) is 7.19.